The maximum Gasteiger partial charge on any atom is 0.0556 e. The molecule has 120 valence electrons. The zero-order valence-electron chi connectivity index (χ0n) is 14.1. The molecule has 3 heteroatoms. The molecule has 1 atom stereocenters. The maximum absolute atomic E-state index is 4.48. The summed E-state index contributed by atoms with van der Waals surface area (Å²) in [5, 5.41) is 8.28. The van der Waals surface area contributed by atoms with Gasteiger partial charge in [0.05, 0.1) is 11.7 Å². The smallest absolute Gasteiger partial charge is 0.0556 e. The molecular formula is C18H33N3. The fourth-order valence-electron chi connectivity index (χ4n) is 3.90. The highest BCUT2D eigenvalue weighted by Crippen LogP contribution is 2.38. The Morgan fingerprint density at radius 3 is 2.57 bits per heavy atom. The van der Waals surface area contributed by atoms with Crippen molar-refractivity contribution in [2.75, 3.05) is 6.54 Å². The Hall–Kier alpha value is -0.830. The van der Waals surface area contributed by atoms with Crippen LogP contribution < -0.4 is 5.32 Å². The minimum atomic E-state index is 0.495. The number of hydrogen-bond donors (Lipinski definition) is 1. The molecule has 0 aliphatic heterocycles. The highest BCUT2D eigenvalue weighted by Gasteiger charge is 2.29. The molecular weight excluding hydrogens is 258 g/mol. The van der Waals surface area contributed by atoms with Gasteiger partial charge in [-0.25, -0.2) is 0 Å². The average molecular weight is 291 g/mol. The summed E-state index contributed by atoms with van der Waals surface area (Å²) in [6.45, 7) is 8.83. The van der Waals surface area contributed by atoms with E-state index in [1.165, 1.54) is 50.6 Å². The lowest BCUT2D eigenvalue weighted by molar-refractivity contribution is 0.209. The second-order valence-electron chi connectivity index (χ2n) is 6.57. The number of rotatable bonds is 8. The van der Waals surface area contributed by atoms with Crippen molar-refractivity contribution in [2.45, 2.75) is 78.3 Å². The average Bonchev–Trinajstić information content (AvgIpc) is 2.98. The summed E-state index contributed by atoms with van der Waals surface area (Å²) < 4.78 is 2.17. The fraction of sp³-hybridized carbons (Fsp3) is 0.833. The van der Waals surface area contributed by atoms with Gasteiger partial charge >= 0.3 is 0 Å². The van der Waals surface area contributed by atoms with E-state index >= 15 is 0 Å². The Kier molecular flexibility index (Phi) is 6.75. The number of aryl methyl sites for hydroxylation is 1. The van der Waals surface area contributed by atoms with E-state index in [9.17, 15) is 0 Å². The quantitative estimate of drug-likeness (QED) is 0.761. The standard InChI is InChI=1S/C18H33N3/c1-4-7-15-8-10-16(11-9-15)18(19-13-5-2)17-12-14-20-21(17)6-3/h12,14-16,18-19H,4-11,13H2,1-3H3. The Balaban J connectivity index is 2.03. The molecule has 21 heavy (non-hydrogen) atoms. The van der Waals surface area contributed by atoms with Crippen molar-refractivity contribution in [2.24, 2.45) is 11.8 Å². The Labute approximate surface area is 130 Å². The Morgan fingerprint density at radius 2 is 1.95 bits per heavy atom. The van der Waals surface area contributed by atoms with Gasteiger partial charge in [0.1, 0.15) is 0 Å². The Morgan fingerprint density at radius 1 is 1.19 bits per heavy atom. The number of aromatic nitrogens is 2. The first-order valence-electron chi connectivity index (χ1n) is 9.05. The van der Waals surface area contributed by atoms with Gasteiger partial charge in [-0.15, -0.1) is 0 Å². The van der Waals surface area contributed by atoms with E-state index in [1.807, 2.05) is 6.20 Å². The van der Waals surface area contributed by atoms with Gasteiger partial charge in [0.15, 0.2) is 0 Å². The molecule has 1 aliphatic rings. The SMILES string of the molecule is CCCNC(c1ccnn1CC)C1CCC(CCC)CC1. The zero-order valence-corrected chi connectivity index (χ0v) is 14.1. The number of nitrogens with one attached hydrogen (secondary N) is 1. The van der Waals surface area contributed by atoms with Crippen LogP contribution in [-0.2, 0) is 6.54 Å². The minimum absolute atomic E-state index is 0.495. The third-order valence-electron chi connectivity index (χ3n) is 5.04. The monoisotopic (exact) mass is 291 g/mol. The van der Waals surface area contributed by atoms with Crippen LogP contribution in [0, 0.1) is 11.8 Å². The van der Waals surface area contributed by atoms with Gasteiger partial charge in [0, 0.05) is 12.7 Å². The van der Waals surface area contributed by atoms with Crippen LogP contribution in [0.25, 0.3) is 0 Å². The molecule has 0 aromatic carbocycles. The van der Waals surface area contributed by atoms with Gasteiger partial charge in [-0.3, -0.25) is 4.68 Å². The summed E-state index contributed by atoms with van der Waals surface area (Å²) in [6.07, 6.45) is 11.5. The molecule has 3 nitrogen and oxygen atoms in total. The van der Waals surface area contributed by atoms with Crippen LogP contribution in [0.2, 0.25) is 0 Å². The second-order valence-corrected chi connectivity index (χ2v) is 6.57. The van der Waals surface area contributed by atoms with Crippen molar-refractivity contribution in [1.29, 1.82) is 0 Å². The fourth-order valence-corrected chi connectivity index (χ4v) is 3.90. The van der Waals surface area contributed by atoms with Crippen molar-refractivity contribution in [1.82, 2.24) is 15.1 Å². The van der Waals surface area contributed by atoms with Crippen LogP contribution in [0.4, 0.5) is 0 Å². The molecule has 0 bridgehead atoms. The maximum atomic E-state index is 4.48. The van der Waals surface area contributed by atoms with Gasteiger partial charge < -0.3 is 5.32 Å². The van der Waals surface area contributed by atoms with Crippen molar-refractivity contribution >= 4 is 0 Å². The van der Waals surface area contributed by atoms with Crippen LogP contribution in [0.1, 0.15) is 77.5 Å². The molecule has 0 amide bonds. The summed E-state index contributed by atoms with van der Waals surface area (Å²) in [7, 11) is 0. The number of hydrogen-bond acceptors (Lipinski definition) is 2. The van der Waals surface area contributed by atoms with Crippen LogP contribution in [0.3, 0.4) is 0 Å². The van der Waals surface area contributed by atoms with E-state index < -0.39 is 0 Å². The lowest BCUT2D eigenvalue weighted by atomic mass is 9.76. The van der Waals surface area contributed by atoms with Gasteiger partial charge in [0.25, 0.3) is 0 Å². The third kappa shape index (κ3) is 4.32. The summed E-state index contributed by atoms with van der Waals surface area (Å²) in [6, 6.07) is 2.71. The molecule has 1 unspecified atom stereocenters. The first kappa shape index (κ1) is 16.5. The van der Waals surface area contributed by atoms with E-state index in [1.54, 1.807) is 0 Å². The minimum Gasteiger partial charge on any atom is -0.308 e. The van der Waals surface area contributed by atoms with Crippen LogP contribution in [0.15, 0.2) is 12.3 Å². The highest BCUT2D eigenvalue weighted by molar-refractivity contribution is 5.09. The normalized spacial score (nSPS) is 24.1. The number of nitrogens with zero attached hydrogens (tertiary/aromatic N) is 2. The van der Waals surface area contributed by atoms with Gasteiger partial charge in [-0.2, -0.15) is 5.10 Å². The molecule has 1 saturated carbocycles. The van der Waals surface area contributed by atoms with Crippen molar-refractivity contribution in [3.8, 4) is 0 Å². The van der Waals surface area contributed by atoms with E-state index in [2.05, 4.69) is 41.9 Å². The molecule has 1 fully saturated rings. The van der Waals surface area contributed by atoms with Gasteiger partial charge in [-0.05, 0) is 50.6 Å². The van der Waals surface area contributed by atoms with E-state index in [4.69, 9.17) is 0 Å². The summed E-state index contributed by atoms with van der Waals surface area (Å²) >= 11 is 0. The topological polar surface area (TPSA) is 29.9 Å². The van der Waals surface area contributed by atoms with Crippen molar-refractivity contribution < 1.29 is 0 Å². The summed E-state index contributed by atoms with van der Waals surface area (Å²) in [5.41, 5.74) is 1.39. The van der Waals surface area contributed by atoms with Crippen LogP contribution >= 0.6 is 0 Å². The predicted molar refractivity (Wildman–Crippen MR) is 89.3 cm³/mol. The largest absolute Gasteiger partial charge is 0.308 e. The van der Waals surface area contributed by atoms with Crippen molar-refractivity contribution in [3.63, 3.8) is 0 Å². The van der Waals surface area contributed by atoms with E-state index in [0.717, 1.165) is 24.9 Å². The predicted octanol–water partition coefficient (Wildman–Crippen LogP) is 4.55. The summed E-state index contributed by atoms with van der Waals surface area (Å²) in [5.74, 6) is 1.76. The highest BCUT2D eigenvalue weighted by atomic mass is 15.3. The second kappa shape index (κ2) is 8.57. The third-order valence-corrected chi connectivity index (χ3v) is 5.04. The summed E-state index contributed by atoms with van der Waals surface area (Å²) in [4.78, 5) is 0. The van der Waals surface area contributed by atoms with Gasteiger partial charge in [0.2, 0.25) is 0 Å². The van der Waals surface area contributed by atoms with Crippen LogP contribution in [0.5, 0.6) is 0 Å². The first-order valence-corrected chi connectivity index (χ1v) is 9.05. The first-order chi connectivity index (χ1) is 10.3. The molecule has 1 N–H and O–H groups in total. The molecule has 2 rings (SSSR count). The molecule has 1 heterocycles. The Bertz CT molecular complexity index is 391. The molecule has 0 saturated heterocycles. The lowest BCUT2D eigenvalue weighted by Crippen LogP contribution is -2.33. The van der Waals surface area contributed by atoms with Crippen molar-refractivity contribution in [3.05, 3.63) is 18.0 Å². The van der Waals surface area contributed by atoms with E-state index in [-0.39, 0.29) is 0 Å². The zero-order chi connectivity index (χ0) is 15.1. The molecule has 1 aromatic heterocycles. The van der Waals surface area contributed by atoms with E-state index in [0.29, 0.717) is 6.04 Å². The molecule has 1 aliphatic carbocycles. The molecule has 0 radical (unpaired) electrons. The lowest BCUT2D eigenvalue weighted by Gasteiger charge is -2.34. The van der Waals surface area contributed by atoms with Gasteiger partial charge in [-0.1, -0.05) is 39.5 Å². The molecule has 1 aromatic rings. The van der Waals surface area contributed by atoms with Crippen LogP contribution in [-0.4, -0.2) is 16.3 Å². The molecule has 0 spiro atoms.